The van der Waals surface area contributed by atoms with Crippen LogP contribution in [0.2, 0.25) is 0 Å². The molecular weight excluding hydrogens is 533 g/mol. The van der Waals surface area contributed by atoms with E-state index < -0.39 is 17.4 Å². The lowest BCUT2D eigenvalue weighted by Crippen LogP contribution is -2.51. The van der Waals surface area contributed by atoms with Crippen molar-refractivity contribution in [2.24, 2.45) is 22.2 Å². The number of carboxylic acids is 1. The zero-order valence-corrected chi connectivity index (χ0v) is 25.5. The summed E-state index contributed by atoms with van der Waals surface area (Å²) in [6.07, 6.45) is 4.83. The summed E-state index contributed by atoms with van der Waals surface area (Å²) >= 11 is 0. The summed E-state index contributed by atoms with van der Waals surface area (Å²) in [5.41, 5.74) is 1.47. The zero-order valence-electron chi connectivity index (χ0n) is 25.5. The van der Waals surface area contributed by atoms with E-state index in [1.54, 1.807) is 24.3 Å². The molecule has 7 nitrogen and oxygen atoms in total. The van der Waals surface area contributed by atoms with Crippen LogP contribution < -0.4 is 5.32 Å². The Balaban J connectivity index is 1.71. The second kappa shape index (κ2) is 12.8. The number of carboxylic acid groups (broad SMARTS) is 1. The highest BCUT2D eigenvalue weighted by Gasteiger charge is 2.52. The summed E-state index contributed by atoms with van der Waals surface area (Å²) in [5.74, 6) is -0.790. The number of amides is 2. The molecule has 1 fully saturated rings. The minimum atomic E-state index is -0.973. The van der Waals surface area contributed by atoms with Crippen LogP contribution in [-0.4, -0.2) is 45.7 Å². The number of hydrogen-bond acceptors (Lipinski definition) is 4. The number of aliphatic imine (C=N–C) groups is 1. The highest BCUT2D eigenvalue weighted by molar-refractivity contribution is 6.46. The fraction of sp³-hybridized carbons (Fsp3) is 0.529. The maximum Gasteiger partial charge on any atom is 0.305 e. The van der Waals surface area contributed by atoms with E-state index in [1.165, 1.54) is 12.1 Å². The fourth-order valence-corrected chi connectivity index (χ4v) is 6.25. The van der Waals surface area contributed by atoms with E-state index in [4.69, 9.17) is 10.1 Å². The number of nitrogens with zero attached hydrogens (tertiary/aromatic N) is 2. The standard InChI is InChI=1S/C34H44FN3O4/c1-22(2)23-13-18-34(19-14-23)37-30(26-7-6-8-27(35)21-26)32(42)38(34)28(15-17-33(3,4)5)24-9-11-25(12-10-24)31(41)36-20-16-29(39)40/h6-12,21-23,28H,13-20H2,1-5H3,(H,36,41)(H,39,40)/t23?,28-,34?/m1/s1. The van der Waals surface area contributed by atoms with Gasteiger partial charge in [-0.2, -0.15) is 0 Å². The van der Waals surface area contributed by atoms with Crippen molar-refractivity contribution in [3.63, 3.8) is 0 Å². The van der Waals surface area contributed by atoms with E-state index in [9.17, 15) is 18.8 Å². The molecule has 2 N–H and O–H groups in total. The number of benzene rings is 2. The van der Waals surface area contributed by atoms with Gasteiger partial charge in [-0.25, -0.2) is 4.39 Å². The maximum absolute atomic E-state index is 14.4. The molecule has 2 amide bonds. The second-order valence-electron chi connectivity index (χ2n) is 13.3. The van der Waals surface area contributed by atoms with Gasteiger partial charge in [0.2, 0.25) is 0 Å². The summed E-state index contributed by atoms with van der Waals surface area (Å²) in [6, 6.07) is 13.1. The van der Waals surface area contributed by atoms with Gasteiger partial charge in [0.25, 0.3) is 11.8 Å². The Bertz CT molecular complexity index is 1320. The molecule has 226 valence electrons. The lowest BCUT2D eigenvalue weighted by molar-refractivity contribution is -0.137. The first-order valence-electron chi connectivity index (χ1n) is 15.1. The predicted molar refractivity (Wildman–Crippen MR) is 162 cm³/mol. The van der Waals surface area contributed by atoms with Gasteiger partial charge in [0.15, 0.2) is 0 Å². The number of halogens is 1. The van der Waals surface area contributed by atoms with Gasteiger partial charge in [-0.1, -0.05) is 58.9 Å². The van der Waals surface area contributed by atoms with E-state index in [0.29, 0.717) is 35.1 Å². The molecule has 0 unspecified atom stereocenters. The van der Waals surface area contributed by atoms with Gasteiger partial charge in [0.05, 0.1) is 12.5 Å². The van der Waals surface area contributed by atoms with Crippen LogP contribution in [0.5, 0.6) is 0 Å². The molecule has 0 bridgehead atoms. The lowest BCUT2D eigenvalue weighted by atomic mass is 9.75. The SMILES string of the molecule is CC(C)C1CCC2(CC1)N=C(c1cccc(F)c1)C(=O)N2[C@H](CCC(C)(C)C)c1ccc(C(=O)NCCC(=O)O)cc1. The van der Waals surface area contributed by atoms with Crippen LogP contribution in [0.1, 0.15) is 107 Å². The molecule has 1 spiro atoms. The van der Waals surface area contributed by atoms with Crippen molar-refractivity contribution in [2.45, 2.75) is 91.3 Å². The molecule has 1 atom stereocenters. The number of carbonyl (C=O) groups is 3. The third-order valence-corrected chi connectivity index (χ3v) is 8.72. The normalized spacial score (nSPS) is 21.5. The summed E-state index contributed by atoms with van der Waals surface area (Å²) in [6.45, 7) is 11.1. The molecule has 0 radical (unpaired) electrons. The molecule has 1 heterocycles. The third kappa shape index (κ3) is 7.26. The summed E-state index contributed by atoms with van der Waals surface area (Å²) in [5, 5.41) is 11.5. The Morgan fingerprint density at radius 2 is 1.79 bits per heavy atom. The number of carbonyl (C=O) groups excluding carboxylic acids is 2. The van der Waals surface area contributed by atoms with E-state index in [0.717, 1.165) is 37.7 Å². The Kier molecular flexibility index (Phi) is 9.53. The molecule has 2 aromatic carbocycles. The van der Waals surface area contributed by atoms with Crippen molar-refractivity contribution < 1.29 is 23.9 Å². The Morgan fingerprint density at radius 3 is 2.36 bits per heavy atom. The first kappa shape index (κ1) is 31.4. The lowest BCUT2D eigenvalue weighted by Gasteiger charge is -2.46. The number of hydrogen-bond donors (Lipinski definition) is 2. The summed E-state index contributed by atoms with van der Waals surface area (Å²) < 4.78 is 14.3. The monoisotopic (exact) mass is 577 g/mol. The number of aliphatic carboxylic acids is 1. The minimum Gasteiger partial charge on any atom is -0.481 e. The van der Waals surface area contributed by atoms with E-state index >= 15 is 0 Å². The third-order valence-electron chi connectivity index (χ3n) is 8.72. The topological polar surface area (TPSA) is 99.1 Å². The molecule has 4 rings (SSSR count). The van der Waals surface area contributed by atoms with Gasteiger partial charge in [0.1, 0.15) is 17.2 Å². The largest absolute Gasteiger partial charge is 0.481 e. The van der Waals surface area contributed by atoms with Gasteiger partial charge in [-0.05, 0) is 85.6 Å². The first-order valence-corrected chi connectivity index (χ1v) is 15.1. The predicted octanol–water partition coefficient (Wildman–Crippen LogP) is 6.77. The molecule has 0 saturated heterocycles. The Labute approximate surface area is 248 Å². The molecule has 0 aromatic heterocycles. The minimum absolute atomic E-state index is 0.0275. The van der Waals surface area contributed by atoms with Crippen LogP contribution in [0.3, 0.4) is 0 Å². The molecule has 2 aromatic rings. The van der Waals surface area contributed by atoms with Gasteiger partial charge < -0.3 is 15.3 Å². The zero-order chi connectivity index (χ0) is 30.7. The first-order chi connectivity index (χ1) is 19.8. The summed E-state index contributed by atoms with van der Waals surface area (Å²) in [7, 11) is 0. The van der Waals surface area contributed by atoms with Crippen LogP contribution in [0.4, 0.5) is 4.39 Å². The van der Waals surface area contributed by atoms with E-state index in [2.05, 4.69) is 39.9 Å². The molecule has 1 saturated carbocycles. The highest BCUT2D eigenvalue weighted by atomic mass is 19.1. The van der Waals surface area contributed by atoms with Gasteiger partial charge in [0, 0.05) is 17.7 Å². The van der Waals surface area contributed by atoms with Crippen LogP contribution >= 0.6 is 0 Å². The second-order valence-corrected chi connectivity index (χ2v) is 13.3. The highest BCUT2D eigenvalue weighted by Crippen LogP contribution is 2.48. The number of rotatable bonds is 10. The van der Waals surface area contributed by atoms with Crippen molar-refractivity contribution in [1.29, 1.82) is 0 Å². The van der Waals surface area contributed by atoms with Gasteiger partial charge >= 0.3 is 5.97 Å². The summed E-state index contributed by atoms with van der Waals surface area (Å²) in [4.78, 5) is 44.9. The average molecular weight is 578 g/mol. The van der Waals surface area contributed by atoms with E-state index in [-0.39, 0.29) is 36.2 Å². The van der Waals surface area contributed by atoms with Crippen LogP contribution in [0.25, 0.3) is 0 Å². The molecular formula is C34H44FN3O4. The van der Waals surface area contributed by atoms with Gasteiger partial charge in [-0.3, -0.25) is 19.4 Å². The Hall–Kier alpha value is -3.55. The Morgan fingerprint density at radius 1 is 1.12 bits per heavy atom. The van der Waals surface area contributed by atoms with Crippen LogP contribution in [-0.2, 0) is 9.59 Å². The van der Waals surface area contributed by atoms with Crippen molar-refractivity contribution in [3.05, 3.63) is 71.0 Å². The molecule has 1 aliphatic heterocycles. The average Bonchev–Trinajstić information content (AvgIpc) is 3.20. The molecule has 8 heteroatoms. The fourth-order valence-electron chi connectivity index (χ4n) is 6.25. The quantitative estimate of drug-likeness (QED) is 0.325. The molecule has 42 heavy (non-hydrogen) atoms. The molecule has 1 aliphatic carbocycles. The van der Waals surface area contributed by atoms with Crippen molar-refractivity contribution in [2.75, 3.05) is 6.54 Å². The number of nitrogens with one attached hydrogen (secondary N) is 1. The van der Waals surface area contributed by atoms with Crippen molar-refractivity contribution in [1.82, 2.24) is 10.2 Å². The maximum atomic E-state index is 14.4. The molecule has 2 aliphatic rings. The smallest absolute Gasteiger partial charge is 0.305 e. The van der Waals surface area contributed by atoms with Crippen LogP contribution in [0.15, 0.2) is 53.5 Å². The van der Waals surface area contributed by atoms with Crippen molar-refractivity contribution in [3.8, 4) is 0 Å². The van der Waals surface area contributed by atoms with Crippen LogP contribution in [0, 0.1) is 23.1 Å². The van der Waals surface area contributed by atoms with Gasteiger partial charge in [-0.15, -0.1) is 0 Å². The van der Waals surface area contributed by atoms with Crippen molar-refractivity contribution >= 4 is 23.5 Å². The van der Waals surface area contributed by atoms with E-state index in [1.807, 2.05) is 17.0 Å².